The van der Waals surface area contributed by atoms with Crippen LogP contribution in [-0.4, -0.2) is 32.8 Å². The van der Waals surface area contributed by atoms with E-state index < -0.39 is 11.6 Å². The number of nitrogens with zero attached hydrogens (tertiary/aromatic N) is 3. The summed E-state index contributed by atoms with van der Waals surface area (Å²) in [5, 5.41) is 15.1. The van der Waals surface area contributed by atoms with Crippen molar-refractivity contribution in [3.05, 3.63) is 46.1 Å². The second-order valence-corrected chi connectivity index (χ2v) is 7.70. The molecule has 0 amide bonds. The molecule has 1 saturated heterocycles. The molecule has 2 aromatic heterocycles. The van der Waals surface area contributed by atoms with Gasteiger partial charge in [0.1, 0.15) is 4.88 Å². The summed E-state index contributed by atoms with van der Waals surface area (Å²) in [4.78, 5) is 7.00. The molecule has 3 aromatic rings. The molecule has 0 bridgehead atoms. The van der Waals surface area contributed by atoms with E-state index in [0.717, 1.165) is 32.0 Å². The summed E-state index contributed by atoms with van der Waals surface area (Å²) < 4.78 is 28.8. The number of hydrogen-bond acceptors (Lipinski definition) is 4. The molecular formula is C18H21F2N4OS+. The van der Waals surface area contributed by atoms with Gasteiger partial charge in [-0.25, -0.2) is 13.8 Å². The molecule has 2 N–H and O–H groups in total. The average molecular weight is 379 g/mol. The lowest BCUT2D eigenvalue weighted by atomic mass is 10.00. The standard InChI is InChI=1S/C18H20F2N4OS/c1-2-14-21-18-24(22-14)17(25)16(26-18)15(23-8-4-3-5-9-23)11-6-7-12(19)13(20)10-11/h6-7,10,15,25H,2-5,8-9H2,1H3/p+1/t15-/m1/s1. The first-order valence-corrected chi connectivity index (χ1v) is 9.77. The summed E-state index contributed by atoms with van der Waals surface area (Å²) in [7, 11) is 0. The van der Waals surface area contributed by atoms with Gasteiger partial charge in [-0.2, -0.15) is 4.52 Å². The molecule has 1 aliphatic heterocycles. The van der Waals surface area contributed by atoms with Crippen LogP contribution in [0.2, 0.25) is 0 Å². The SMILES string of the molecule is CCc1nc2sc([C@@H](c3ccc(F)c(F)c3)[NH+]3CCCCC3)c(O)n2n1. The van der Waals surface area contributed by atoms with Crippen molar-refractivity contribution in [3.63, 3.8) is 0 Å². The van der Waals surface area contributed by atoms with Gasteiger partial charge in [0.05, 0.1) is 13.1 Å². The second kappa shape index (κ2) is 6.92. The van der Waals surface area contributed by atoms with Crippen LogP contribution in [0.1, 0.15) is 48.5 Å². The van der Waals surface area contributed by atoms with E-state index in [0.29, 0.717) is 27.6 Å². The van der Waals surface area contributed by atoms with Crippen molar-refractivity contribution in [2.24, 2.45) is 0 Å². The maximum absolute atomic E-state index is 13.9. The summed E-state index contributed by atoms with van der Waals surface area (Å²) in [5.74, 6) is -1.01. The van der Waals surface area contributed by atoms with Crippen molar-refractivity contribution in [1.29, 1.82) is 0 Å². The van der Waals surface area contributed by atoms with Crippen LogP contribution in [0.3, 0.4) is 0 Å². The van der Waals surface area contributed by atoms with Crippen molar-refractivity contribution in [1.82, 2.24) is 14.6 Å². The topological polar surface area (TPSA) is 54.9 Å². The van der Waals surface area contributed by atoms with E-state index in [1.54, 1.807) is 6.07 Å². The third-order valence-electron chi connectivity index (χ3n) is 5.00. The predicted molar refractivity (Wildman–Crippen MR) is 94.7 cm³/mol. The van der Waals surface area contributed by atoms with Crippen molar-refractivity contribution in [3.8, 4) is 5.88 Å². The van der Waals surface area contributed by atoms with Gasteiger partial charge in [0, 0.05) is 12.0 Å². The van der Waals surface area contributed by atoms with Crippen LogP contribution in [0.15, 0.2) is 18.2 Å². The first kappa shape index (κ1) is 17.4. The fraction of sp³-hybridized carbons (Fsp3) is 0.444. The molecule has 1 atom stereocenters. The van der Waals surface area contributed by atoms with Gasteiger partial charge < -0.3 is 10.0 Å². The number of rotatable bonds is 4. The number of likely N-dealkylation sites (tertiary alicyclic amines) is 1. The van der Waals surface area contributed by atoms with Crippen LogP contribution >= 0.6 is 11.3 Å². The minimum Gasteiger partial charge on any atom is -0.492 e. The highest BCUT2D eigenvalue weighted by molar-refractivity contribution is 7.17. The summed E-state index contributed by atoms with van der Waals surface area (Å²) in [6.45, 7) is 3.81. The molecule has 8 heteroatoms. The zero-order valence-electron chi connectivity index (χ0n) is 14.5. The van der Waals surface area contributed by atoms with Crippen LogP contribution in [0.5, 0.6) is 5.88 Å². The Morgan fingerprint density at radius 2 is 2.00 bits per heavy atom. The smallest absolute Gasteiger partial charge is 0.235 e. The van der Waals surface area contributed by atoms with Crippen molar-refractivity contribution >= 4 is 16.3 Å². The molecule has 1 fully saturated rings. The fourth-order valence-corrected chi connectivity index (χ4v) is 4.85. The normalized spacial score (nSPS) is 17.0. The molecule has 4 rings (SSSR count). The third kappa shape index (κ3) is 2.97. The van der Waals surface area contributed by atoms with E-state index >= 15 is 0 Å². The number of benzene rings is 1. The number of fused-ring (bicyclic) bond motifs is 1. The Balaban J connectivity index is 1.83. The molecule has 5 nitrogen and oxygen atoms in total. The van der Waals surface area contributed by atoms with E-state index in [9.17, 15) is 13.9 Å². The molecule has 0 aliphatic carbocycles. The Bertz CT molecular complexity index is 933. The van der Waals surface area contributed by atoms with E-state index in [-0.39, 0.29) is 11.9 Å². The Hall–Kier alpha value is -2.06. The summed E-state index contributed by atoms with van der Waals surface area (Å²) in [6.07, 6.45) is 4.02. The lowest BCUT2D eigenvalue weighted by Crippen LogP contribution is -3.13. The molecule has 0 unspecified atom stereocenters. The molecule has 1 aliphatic rings. The van der Waals surface area contributed by atoms with Gasteiger partial charge in [-0.1, -0.05) is 18.3 Å². The van der Waals surface area contributed by atoms with Crippen molar-refractivity contribution in [2.45, 2.75) is 38.6 Å². The zero-order valence-corrected chi connectivity index (χ0v) is 15.3. The monoisotopic (exact) mass is 379 g/mol. The fourth-order valence-electron chi connectivity index (χ4n) is 3.69. The number of hydrogen-bond donors (Lipinski definition) is 2. The predicted octanol–water partition coefficient (Wildman–Crippen LogP) is 2.50. The number of aromatic nitrogens is 3. The van der Waals surface area contributed by atoms with Crippen LogP contribution in [-0.2, 0) is 6.42 Å². The number of aromatic hydroxyl groups is 1. The second-order valence-electron chi connectivity index (χ2n) is 6.69. The number of quaternary nitrogens is 1. The Morgan fingerprint density at radius 1 is 1.23 bits per heavy atom. The van der Waals surface area contributed by atoms with Crippen LogP contribution in [0, 0.1) is 11.6 Å². The number of thiazole rings is 1. The Kier molecular flexibility index (Phi) is 4.62. The summed E-state index contributed by atoms with van der Waals surface area (Å²) in [6, 6.07) is 3.75. The summed E-state index contributed by atoms with van der Waals surface area (Å²) in [5.41, 5.74) is 0.663. The van der Waals surface area contributed by atoms with Crippen LogP contribution < -0.4 is 4.90 Å². The van der Waals surface area contributed by atoms with Gasteiger partial charge in [0.15, 0.2) is 23.5 Å². The van der Waals surface area contributed by atoms with E-state index in [4.69, 9.17) is 0 Å². The lowest BCUT2D eigenvalue weighted by Gasteiger charge is -2.31. The lowest BCUT2D eigenvalue weighted by molar-refractivity contribution is -0.930. The molecule has 138 valence electrons. The number of aryl methyl sites for hydroxylation is 1. The molecule has 0 saturated carbocycles. The maximum atomic E-state index is 13.9. The van der Waals surface area contributed by atoms with Gasteiger partial charge in [-0.05, 0) is 37.5 Å². The molecule has 3 heterocycles. The van der Waals surface area contributed by atoms with Gasteiger partial charge in [0.25, 0.3) is 0 Å². The molecular weight excluding hydrogens is 358 g/mol. The van der Waals surface area contributed by atoms with E-state index in [2.05, 4.69) is 10.1 Å². The zero-order chi connectivity index (χ0) is 18.3. The third-order valence-corrected chi connectivity index (χ3v) is 6.09. The van der Waals surface area contributed by atoms with Crippen LogP contribution in [0.4, 0.5) is 8.78 Å². The van der Waals surface area contributed by atoms with Gasteiger partial charge in [0.2, 0.25) is 10.8 Å². The Morgan fingerprint density at radius 3 is 2.65 bits per heavy atom. The molecule has 0 spiro atoms. The minimum absolute atomic E-state index is 0.0463. The van der Waals surface area contributed by atoms with Crippen molar-refractivity contribution in [2.75, 3.05) is 13.1 Å². The number of piperidine rings is 1. The highest BCUT2D eigenvalue weighted by Gasteiger charge is 2.34. The van der Waals surface area contributed by atoms with Gasteiger partial charge in [-0.15, -0.1) is 5.10 Å². The quantitative estimate of drug-likeness (QED) is 0.732. The maximum Gasteiger partial charge on any atom is 0.235 e. The molecule has 1 aromatic carbocycles. The molecule has 0 radical (unpaired) electrons. The van der Waals surface area contributed by atoms with Gasteiger partial charge in [-0.3, -0.25) is 0 Å². The van der Waals surface area contributed by atoms with Crippen molar-refractivity contribution < 1.29 is 18.8 Å². The average Bonchev–Trinajstić information content (AvgIpc) is 3.19. The van der Waals surface area contributed by atoms with Crippen LogP contribution in [0.25, 0.3) is 4.96 Å². The molecule has 26 heavy (non-hydrogen) atoms. The minimum atomic E-state index is -0.865. The van der Waals surface area contributed by atoms with E-state index in [1.165, 1.54) is 33.2 Å². The Labute approximate surface area is 153 Å². The highest BCUT2D eigenvalue weighted by atomic mass is 32.1. The first-order chi connectivity index (χ1) is 12.6. The number of nitrogens with one attached hydrogen (secondary N) is 1. The highest BCUT2D eigenvalue weighted by Crippen LogP contribution is 2.35. The first-order valence-electron chi connectivity index (χ1n) is 8.95. The largest absolute Gasteiger partial charge is 0.492 e. The van der Waals surface area contributed by atoms with E-state index in [1.807, 2.05) is 6.92 Å². The van der Waals surface area contributed by atoms with Gasteiger partial charge >= 0.3 is 0 Å². The summed E-state index contributed by atoms with van der Waals surface area (Å²) >= 11 is 1.37. The number of halogens is 2.